The lowest BCUT2D eigenvalue weighted by atomic mass is 9.97. The van der Waals surface area contributed by atoms with Gasteiger partial charge in [0.15, 0.2) is 0 Å². The van der Waals surface area contributed by atoms with Crippen LogP contribution in [-0.2, 0) is 11.3 Å². The first kappa shape index (κ1) is 11.0. The molecule has 0 aliphatic heterocycles. The van der Waals surface area contributed by atoms with Crippen LogP contribution in [0.15, 0.2) is 5.38 Å². The Hall–Kier alpha value is -0.0600. The fourth-order valence-electron chi connectivity index (χ4n) is 0.944. The van der Waals surface area contributed by atoms with Gasteiger partial charge < -0.3 is 5.73 Å². The zero-order valence-electron chi connectivity index (χ0n) is 8.33. The molecule has 74 valence electrons. The molecule has 1 aromatic rings. The number of aromatic nitrogens is 1. The van der Waals surface area contributed by atoms with Gasteiger partial charge in [-0.15, -0.1) is 11.3 Å². The Kier molecular flexibility index (Phi) is 3.76. The number of thiazole rings is 1. The zero-order chi connectivity index (χ0) is 9.90. The van der Waals surface area contributed by atoms with Gasteiger partial charge in [0.1, 0.15) is 5.01 Å². The van der Waals surface area contributed by atoms with E-state index in [9.17, 15) is 0 Å². The van der Waals surface area contributed by atoms with Crippen LogP contribution in [0.5, 0.6) is 0 Å². The summed E-state index contributed by atoms with van der Waals surface area (Å²) in [6.45, 7) is 4.12. The van der Waals surface area contributed by atoms with E-state index < -0.39 is 0 Å². The third kappa shape index (κ3) is 2.69. The van der Waals surface area contributed by atoms with Crippen molar-refractivity contribution in [1.29, 1.82) is 0 Å². The van der Waals surface area contributed by atoms with Crippen LogP contribution >= 0.6 is 23.1 Å². The Balaban J connectivity index is 2.79. The van der Waals surface area contributed by atoms with Gasteiger partial charge in [-0.05, 0) is 19.6 Å². The van der Waals surface area contributed by atoms with Crippen LogP contribution < -0.4 is 5.73 Å². The van der Waals surface area contributed by atoms with Crippen molar-refractivity contribution in [3.63, 3.8) is 0 Å². The summed E-state index contributed by atoms with van der Waals surface area (Å²) in [5.74, 6) is 0.991. The monoisotopic (exact) mass is 216 g/mol. The highest BCUT2D eigenvalue weighted by molar-refractivity contribution is 7.97. The van der Waals surface area contributed by atoms with E-state index in [4.69, 9.17) is 5.73 Å². The van der Waals surface area contributed by atoms with E-state index in [2.05, 4.69) is 23.5 Å². The van der Waals surface area contributed by atoms with Crippen LogP contribution in [0.4, 0.5) is 0 Å². The zero-order valence-corrected chi connectivity index (χ0v) is 9.97. The lowest BCUT2D eigenvalue weighted by molar-refractivity contribution is 0.463. The molecule has 0 aliphatic carbocycles. The van der Waals surface area contributed by atoms with Crippen LogP contribution in [0.1, 0.15) is 31.0 Å². The van der Waals surface area contributed by atoms with E-state index in [0.717, 1.165) is 17.9 Å². The van der Waals surface area contributed by atoms with E-state index in [-0.39, 0.29) is 5.54 Å². The molecule has 1 atom stereocenters. The molecule has 0 fully saturated rings. The Morgan fingerprint density at radius 2 is 2.38 bits per heavy atom. The van der Waals surface area contributed by atoms with Crippen LogP contribution in [0.25, 0.3) is 0 Å². The second kappa shape index (κ2) is 4.44. The van der Waals surface area contributed by atoms with Crippen LogP contribution in [0, 0.1) is 0 Å². The summed E-state index contributed by atoms with van der Waals surface area (Å²) in [5.41, 5.74) is 6.86. The molecule has 1 heterocycles. The summed E-state index contributed by atoms with van der Waals surface area (Å²) < 4.78 is 0. The average Bonchev–Trinajstić information content (AvgIpc) is 2.54. The van der Waals surface area contributed by atoms with Gasteiger partial charge in [-0.2, -0.15) is 11.8 Å². The highest BCUT2D eigenvalue weighted by atomic mass is 32.2. The maximum absolute atomic E-state index is 6.08. The van der Waals surface area contributed by atoms with Crippen molar-refractivity contribution in [3.05, 3.63) is 16.1 Å². The average molecular weight is 216 g/mol. The van der Waals surface area contributed by atoms with E-state index in [1.807, 2.05) is 6.92 Å². The number of thioether (sulfide) groups is 1. The highest BCUT2D eigenvalue weighted by Crippen LogP contribution is 2.24. The van der Waals surface area contributed by atoms with Gasteiger partial charge >= 0.3 is 0 Å². The molecule has 0 aromatic carbocycles. The first-order valence-electron chi connectivity index (χ1n) is 4.33. The molecule has 0 amide bonds. The largest absolute Gasteiger partial charge is 0.320 e. The van der Waals surface area contributed by atoms with Gasteiger partial charge in [-0.3, -0.25) is 0 Å². The second-order valence-electron chi connectivity index (χ2n) is 3.33. The Morgan fingerprint density at radius 1 is 1.69 bits per heavy atom. The molecule has 1 unspecified atom stereocenters. The summed E-state index contributed by atoms with van der Waals surface area (Å²) in [6.07, 6.45) is 3.01. The SMILES string of the molecule is CCC(C)(N)c1csc(CSC)n1. The van der Waals surface area contributed by atoms with Crippen molar-refractivity contribution in [2.75, 3.05) is 6.26 Å². The predicted octanol–water partition coefficient (Wildman–Crippen LogP) is 2.59. The highest BCUT2D eigenvalue weighted by Gasteiger charge is 2.21. The predicted molar refractivity (Wildman–Crippen MR) is 61.2 cm³/mol. The minimum absolute atomic E-state index is 0.257. The van der Waals surface area contributed by atoms with E-state index in [1.165, 1.54) is 5.01 Å². The van der Waals surface area contributed by atoms with Crippen molar-refractivity contribution < 1.29 is 0 Å². The third-order valence-electron chi connectivity index (χ3n) is 2.14. The minimum atomic E-state index is -0.257. The first-order valence-corrected chi connectivity index (χ1v) is 6.60. The molecule has 0 saturated carbocycles. The summed E-state index contributed by atoms with van der Waals surface area (Å²) in [7, 11) is 0. The summed E-state index contributed by atoms with van der Waals surface area (Å²) in [5, 5.41) is 3.25. The van der Waals surface area contributed by atoms with Crippen molar-refractivity contribution in [2.24, 2.45) is 5.73 Å². The smallest absolute Gasteiger partial charge is 0.103 e. The number of hydrogen-bond donors (Lipinski definition) is 1. The minimum Gasteiger partial charge on any atom is -0.320 e. The summed E-state index contributed by atoms with van der Waals surface area (Å²) >= 11 is 3.50. The molecule has 1 rings (SSSR count). The molecular formula is C9H16N2S2. The lowest BCUT2D eigenvalue weighted by Gasteiger charge is -2.19. The first-order chi connectivity index (χ1) is 6.10. The van der Waals surface area contributed by atoms with Gasteiger partial charge in [0, 0.05) is 11.1 Å². The number of hydrogen-bond acceptors (Lipinski definition) is 4. The second-order valence-corrected chi connectivity index (χ2v) is 5.14. The normalized spacial score (nSPS) is 15.7. The number of rotatable bonds is 4. The molecule has 0 radical (unpaired) electrons. The maximum atomic E-state index is 6.08. The van der Waals surface area contributed by atoms with Crippen LogP contribution in [0.3, 0.4) is 0 Å². The fraction of sp³-hybridized carbons (Fsp3) is 0.667. The molecule has 0 spiro atoms. The molecule has 13 heavy (non-hydrogen) atoms. The molecule has 0 saturated heterocycles. The maximum Gasteiger partial charge on any atom is 0.103 e. The molecule has 0 bridgehead atoms. The number of nitrogens with zero attached hydrogens (tertiary/aromatic N) is 1. The van der Waals surface area contributed by atoms with Gasteiger partial charge in [0.05, 0.1) is 11.2 Å². The van der Waals surface area contributed by atoms with Crippen molar-refractivity contribution in [2.45, 2.75) is 31.6 Å². The fourth-order valence-corrected chi connectivity index (χ4v) is 2.60. The quantitative estimate of drug-likeness (QED) is 0.841. The van der Waals surface area contributed by atoms with Crippen molar-refractivity contribution >= 4 is 23.1 Å². The van der Waals surface area contributed by atoms with Gasteiger partial charge in [0.25, 0.3) is 0 Å². The van der Waals surface area contributed by atoms with Crippen LogP contribution in [-0.4, -0.2) is 11.2 Å². The molecule has 2 N–H and O–H groups in total. The van der Waals surface area contributed by atoms with Gasteiger partial charge in [0.2, 0.25) is 0 Å². The van der Waals surface area contributed by atoms with Crippen molar-refractivity contribution in [1.82, 2.24) is 4.98 Å². The van der Waals surface area contributed by atoms with Gasteiger partial charge in [-0.25, -0.2) is 4.98 Å². The third-order valence-corrected chi connectivity index (χ3v) is 3.73. The molecule has 4 heteroatoms. The van der Waals surface area contributed by atoms with E-state index in [0.29, 0.717) is 0 Å². The summed E-state index contributed by atoms with van der Waals surface area (Å²) in [4.78, 5) is 4.52. The molecular weight excluding hydrogens is 200 g/mol. The molecule has 1 aromatic heterocycles. The molecule has 0 aliphatic rings. The van der Waals surface area contributed by atoms with E-state index in [1.54, 1.807) is 23.1 Å². The Labute approximate surface area is 87.9 Å². The topological polar surface area (TPSA) is 38.9 Å². The summed E-state index contributed by atoms with van der Waals surface area (Å²) in [6, 6.07) is 0. The lowest BCUT2D eigenvalue weighted by Crippen LogP contribution is -2.32. The standard InChI is InChI=1S/C9H16N2S2/c1-4-9(2,10)7-5-13-8(11-7)6-12-3/h5H,4,6,10H2,1-3H3. The molecule has 2 nitrogen and oxygen atoms in total. The Morgan fingerprint density at radius 3 is 2.92 bits per heavy atom. The van der Waals surface area contributed by atoms with E-state index >= 15 is 0 Å². The Bertz CT molecular complexity index is 268. The number of nitrogens with two attached hydrogens (primary N) is 1. The van der Waals surface area contributed by atoms with Gasteiger partial charge in [-0.1, -0.05) is 6.92 Å². The van der Waals surface area contributed by atoms with Crippen molar-refractivity contribution in [3.8, 4) is 0 Å². The van der Waals surface area contributed by atoms with Crippen LogP contribution in [0.2, 0.25) is 0 Å².